The number of rotatable bonds is 3. The van der Waals surface area contributed by atoms with Gasteiger partial charge in [0.25, 0.3) is 5.91 Å². The number of hydrogen-bond donors (Lipinski definition) is 2. The van der Waals surface area contributed by atoms with Gasteiger partial charge in [0, 0.05) is 10.7 Å². The summed E-state index contributed by atoms with van der Waals surface area (Å²) < 4.78 is 0.551. The van der Waals surface area contributed by atoms with Gasteiger partial charge in [0.05, 0.1) is 5.69 Å². The highest BCUT2D eigenvalue weighted by atomic mass is 79.9. The van der Waals surface area contributed by atoms with Crippen molar-refractivity contribution >= 4 is 44.8 Å². The number of halogens is 1. The van der Waals surface area contributed by atoms with Crippen molar-refractivity contribution in [3.05, 3.63) is 44.8 Å². The molecule has 2 aromatic heterocycles. The fourth-order valence-electron chi connectivity index (χ4n) is 1.31. The third-order valence-electron chi connectivity index (χ3n) is 2.08. The second kappa shape index (κ2) is 5.28. The van der Waals surface area contributed by atoms with Crippen molar-refractivity contribution in [3.63, 3.8) is 0 Å². The van der Waals surface area contributed by atoms with Crippen molar-refractivity contribution < 1.29 is 14.7 Å². The molecule has 2 rings (SSSR count). The molecule has 0 radical (unpaired) electrons. The van der Waals surface area contributed by atoms with Gasteiger partial charge in [-0.05, 0) is 39.5 Å². The SMILES string of the molecule is O=C(Nc1ccsc1C(=O)O)c1ncccc1Br. The molecule has 7 heteroatoms. The summed E-state index contributed by atoms with van der Waals surface area (Å²) in [7, 11) is 0. The van der Waals surface area contributed by atoms with Gasteiger partial charge in [-0.2, -0.15) is 0 Å². The maximum atomic E-state index is 11.9. The van der Waals surface area contributed by atoms with Crippen LogP contribution in [0.1, 0.15) is 20.2 Å². The molecule has 0 aromatic carbocycles. The van der Waals surface area contributed by atoms with E-state index in [9.17, 15) is 9.59 Å². The summed E-state index contributed by atoms with van der Waals surface area (Å²) >= 11 is 4.26. The molecule has 0 bridgehead atoms. The Bertz CT molecular complexity index is 612. The summed E-state index contributed by atoms with van der Waals surface area (Å²) in [4.78, 5) is 26.8. The zero-order valence-electron chi connectivity index (χ0n) is 8.88. The fourth-order valence-corrected chi connectivity index (χ4v) is 2.43. The highest BCUT2D eigenvalue weighted by molar-refractivity contribution is 9.10. The van der Waals surface area contributed by atoms with E-state index in [0.717, 1.165) is 11.3 Å². The van der Waals surface area contributed by atoms with Gasteiger partial charge < -0.3 is 10.4 Å². The number of carbonyl (C=O) groups is 2. The van der Waals surface area contributed by atoms with Crippen LogP contribution < -0.4 is 5.32 Å². The first-order valence-corrected chi connectivity index (χ1v) is 6.49. The first-order valence-electron chi connectivity index (χ1n) is 4.82. The van der Waals surface area contributed by atoms with Gasteiger partial charge in [0.2, 0.25) is 0 Å². The van der Waals surface area contributed by atoms with Gasteiger partial charge in [-0.15, -0.1) is 11.3 Å². The summed E-state index contributed by atoms with van der Waals surface area (Å²) in [5, 5.41) is 13.1. The highest BCUT2D eigenvalue weighted by Crippen LogP contribution is 2.23. The van der Waals surface area contributed by atoms with E-state index < -0.39 is 11.9 Å². The minimum absolute atomic E-state index is 0.0930. The van der Waals surface area contributed by atoms with Crippen molar-refractivity contribution in [1.29, 1.82) is 0 Å². The van der Waals surface area contributed by atoms with E-state index in [1.54, 1.807) is 23.6 Å². The highest BCUT2D eigenvalue weighted by Gasteiger charge is 2.16. The summed E-state index contributed by atoms with van der Waals surface area (Å²) in [5.74, 6) is -1.52. The number of carboxylic acids is 1. The lowest BCUT2D eigenvalue weighted by molar-refractivity contribution is 0.0703. The summed E-state index contributed by atoms with van der Waals surface area (Å²) in [6, 6.07) is 4.92. The van der Waals surface area contributed by atoms with Crippen LogP contribution in [0.4, 0.5) is 5.69 Å². The van der Waals surface area contributed by atoms with Crippen LogP contribution in [-0.2, 0) is 0 Å². The maximum Gasteiger partial charge on any atom is 0.348 e. The molecule has 92 valence electrons. The Hall–Kier alpha value is -1.73. The Morgan fingerprint density at radius 1 is 1.39 bits per heavy atom. The van der Waals surface area contributed by atoms with Gasteiger partial charge in [-0.3, -0.25) is 4.79 Å². The summed E-state index contributed by atoms with van der Waals surface area (Å²) in [6.45, 7) is 0. The van der Waals surface area contributed by atoms with Crippen molar-refractivity contribution in [2.75, 3.05) is 5.32 Å². The number of pyridine rings is 1. The Kier molecular flexibility index (Phi) is 3.73. The number of amides is 1. The molecule has 0 spiro atoms. The maximum absolute atomic E-state index is 11.9. The third kappa shape index (κ3) is 2.57. The van der Waals surface area contributed by atoms with Crippen molar-refractivity contribution in [2.45, 2.75) is 0 Å². The molecule has 0 unspecified atom stereocenters. The van der Waals surface area contributed by atoms with Crippen LogP contribution in [0, 0.1) is 0 Å². The molecule has 0 aliphatic rings. The molecule has 0 saturated heterocycles. The first-order chi connectivity index (χ1) is 8.59. The molecular formula is C11H7BrN2O3S. The van der Waals surface area contributed by atoms with Crippen molar-refractivity contribution in [3.8, 4) is 0 Å². The van der Waals surface area contributed by atoms with Crippen LogP contribution in [-0.4, -0.2) is 22.0 Å². The first kappa shape index (κ1) is 12.7. The Morgan fingerprint density at radius 2 is 2.17 bits per heavy atom. The number of carbonyl (C=O) groups excluding carboxylic acids is 1. The van der Waals surface area contributed by atoms with Gasteiger partial charge in [0.1, 0.15) is 10.6 Å². The minimum atomic E-state index is -1.07. The second-order valence-corrected chi connectivity index (χ2v) is 5.03. The molecular weight excluding hydrogens is 320 g/mol. The number of nitrogens with one attached hydrogen (secondary N) is 1. The monoisotopic (exact) mass is 326 g/mol. The number of hydrogen-bond acceptors (Lipinski definition) is 4. The fraction of sp³-hybridized carbons (Fsp3) is 0. The second-order valence-electron chi connectivity index (χ2n) is 3.26. The topological polar surface area (TPSA) is 79.3 Å². The van der Waals surface area contributed by atoms with Crippen molar-refractivity contribution in [2.24, 2.45) is 0 Å². The van der Waals surface area contributed by atoms with E-state index in [2.05, 4.69) is 26.2 Å². The van der Waals surface area contributed by atoms with Crippen LogP contribution in [0.15, 0.2) is 34.2 Å². The lowest BCUT2D eigenvalue weighted by Gasteiger charge is -2.05. The van der Waals surface area contributed by atoms with Gasteiger partial charge in [0.15, 0.2) is 0 Å². The third-order valence-corrected chi connectivity index (χ3v) is 3.62. The predicted octanol–water partition coefficient (Wildman–Crippen LogP) is 2.86. The Balaban J connectivity index is 2.25. The standard InChI is InChI=1S/C11H7BrN2O3S/c12-6-2-1-4-13-8(6)10(15)14-7-3-5-18-9(7)11(16)17/h1-5H,(H,14,15)(H,16,17). The largest absolute Gasteiger partial charge is 0.477 e. The number of aromatic nitrogens is 1. The van der Waals surface area contributed by atoms with Gasteiger partial charge in [-0.25, -0.2) is 9.78 Å². The van der Waals surface area contributed by atoms with E-state index >= 15 is 0 Å². The number of carboxylic acid groups (broad SMARTS) is 1. The normalized spacial score (nSPS) is 10.1. The molecule has 2 heterocycles. The predicted molar refractivity (Wildman–Crippen MR) is 71.2 cm³/mol. The average molecular weight is 327 g/mol. The van der Waals surface area contributed by atoms with Crippen LogP contribution in [0.5, 0.6) is 0 Å². The molecule has 0 atom stereocenters. The molecule has 18 heavy (non-hydrogen) atoms. The minimum Gasteiger partial charge on any atom is -0.477 e. The zero-order chi connectivity index (χ0) is 13.1. The van der Waals surface area contributed by atoms with Crippen LogP contribution in [0.3, 0.4) is 0 Å². The molecule has 0 saturated carbocycles. The smallest absolute Gasteiger partial charge is 0.348 e. The van der Waals surface area contributed by atoms with E-state index in [0.29, 0.717) is 4.47 Å². The van der Waals surface area contributed by atoms with E-state index in [1.807, 2.05) is 0 Å². The molecule has 2 N–H and O–H groups in total. The number of thiophene rings is 1. The van der Waals surface area contributed by atoms with E-state index in [1.165, 1.54) is 6.20 Å². The van der Waals surface area contributed by atoms with Crippen LogP contribution in [0.25, 0.3) is 0 Å². The molecule has 5 nitrogen and oxygen atoms in total. The summed E-state index contributed by atoms with van der Waals surface area (Å²) in [6.07, 6.45) is 1.49. The number of anilines is 1. The quantitative estimate of drug-likeness (QED) is 0.908. The lowest BCUT2D eigenvalue weighted by atomic mass is 10.3. The van der Waals surface area contributed by atoms with E-state index in [-0.39, 0.29) is 16.3 Å². The number of nitrogens with zero attached hydrogens (tertiary/aromatic N) is 1. The molecule has 1 amide bonds. The lowest BCUT2D eigenvalue weighted by Crippen LogP contribution is -2.15. The van der Waals surface area contributed by atoms with Gasteiger partial charge in [-0.1, -0.05) is 0 Å². The zero-order valence-corrected chi connectivity index (χ0v) is 11.3. The molecule has 0 fully saturated rings. The average Bonchev–Trinajstić information content (AvgIpc) is 2.77. The Morgan fingerprint density at radius 3 is 2.83 bits per heavy atom. The molecule has 2 aromatic rings. The number of aromatic carboxylic acids is 1. The van der Waals surface area contributed by atoms with Crippen LogP contribution in [0.2, 0.25) is 0 Å². The Labute approximate surface area is 115 Å². The van der Waals surface area contributed by atoms with E-state index in [4.69, 9.17) is 5.11 Å². The van der Waals surface area contributed by atoms with Gasteiger partial charge >= 0.3 is 5.97 Å². The molecule has 0 aliphatic carbocycles. The van der Waals surface area contributed by atoms with Crippen LogP contribution >= 0.6 is 27.3 Å². The summed E-state index contributed by atoms with van der Waals surface area (Å²) in [5.41, 5.74) is 0.482. The van der Waals surface area contributed by atoms with Crippen molar-refractivity contribution in [1.82, 2.24) is 4.98 Å². The molecule has 0 aliphatic heterocycles.